The molecule has 0 aliphatic carbocycles. The van der Waals surface area contributed by atoms with Crippen LogP contribution in [0.4, 0.5) is 0 Å². The van der Waals surface area contributed by atoms with Crippen LogP contribution in [0.2, 0.25) is 0 Å². The molecule has 0 aromatic heterocycles. The predicted molar refractivity (Wildman–Crippen MR) is 77.0 cm³/mol. The molecule has 7 nitrogen and oxygen atoms in total. The van der Waals surface area contributed by atoms with Gasteiger partial charge in [-0.3, -0.25) is 0 Å². The van der Waals surface area contributed by atoms with Crippen molar-refractivity contribution in [3.8, 4) is 0 Å². The molecule has 0 unspecified atom stereocenters. The first-order valence-corrected chi connectivity index (χ1v) is 9.21. The summed E-state index contributed by atoms with van der Waals surface area (Å²) in [6.45, 7) is 1.81. The van der Waals surface area contributed by atoms with Crippen molar-refractivity contribution < 1.29 is 16.8 Å². The molecule has 114 valence electrons. The van der Waals surface area contributed by atoms with Gasteiger partial charge in [-0.1, -0.05) is 25.1 Å². The fourth-order valence-electron chi connectivity index (χ4n) is 1.61. The minimum atomic E-state index is -3.76. The Morgan fingerprint density at radius 1 is 1.10 bits per heavy atom. The minimum absolute atomic E-state index is 0.0725. The van der Waals surface area contributed by atoms with Gasteiger partial charge in [0.05, 0.1) is 10.6 Å². The third kappa shape index (κ3) is 4.84. The second kappa shape index (κ2) is 7.14. The predicted octanol–water partition coefficient (Wildman–Crippen LogP) is -0.637. The molecule has 4 N–H and O–H groups in total. The van der Waals surface area contributed by atoms with Gasteiger partial charge in [0.1, 0.15) is 0 Å². The number of nitrogens with two attached hydrogens (primary N) is 1. The van der Waals surface area contributed by atoms with E-state index in [-0.39, 0.29) is 30.3 Å². The molecule has 0 spiro atoms. The first-order chi connectivity index (χ1) is 9.32. The van der Waals surface area contributed by atoms with E-state index in [1.807, 2.05) is 0 Å². The lowest BCUT2D eigenvalue weighted by molar-refractivity contribution is 0.576. The Morgan fingerprint density at radius 2 is 1.75 bits per heavy atom. The molecule has 0 saturated heterocycles. The van der Waals surface area contributed by atoms with Crippen molar-refractivity contribution in [2.75, 3.05) is 18.8 Å². The average Bonchev–Trinajstić information content (AvgIpc) is 2.38. The van der Waals surface area contributed by atoms with Crippen LogP contribution >= 0.6 is 0 Å². The van der Waals surface area contributed by atoms with E-state index in [9.17, 15) is 16.8 Å². The van der Waals surface area contributed by atoms with Crippen molar-refractivity contribution >= 4 is 20.0 Å². The van der Waals surface area contributed by atoms with Crippen molar-refractivity contribution in [2.45, 2.75) is 18.4 Å². The Morgan fingerprint density at radius 3 is 2.35 bits per heavy atom. The van der Waals surface area contributed by atoms with Crippen molar-refractivity contribution in [1.29, 1.82) is 0 Å². The summed E-state index contributed by atoms with van der Waals surface area (Å²) < 4.78 is 51.5. The van der Waals surface area contributed by atoms with Crippen LogP contribution in [0.5, 0.6) is 0 Å². The summed E-state index contributed by atoms with van der Waals surface area (Å²) in [5, 5.41) is 0. The van der Waals surface area contributed by atoms with Crippen molar-refractivity contribution in [3.63, 3.8) is 0 Å². The molecule has 0 aliphatic rings. The monoisotopic (exact) mass is 321 g/mol. The first kappa shape index (κ1) is 17.1. The number of hydrogen-bond acceptors (Lipinski definition) is 5. The highest BCUT2D eigenvalue weighted by molar-refractivity contribution is 7.90. The van der Waals surface area contributed by atoms with Crippen LogP contribution in [0.15, 0.2) is 29.2 Å². The van der Waals surface area contributed by atoms with Crippen LogP contribution in [0, 0.1) is 0 Å². The van der Waals surface area contributed by atoms with E-state index < -0.39 is 20.0 Å². The summed E-state index contributed by atoms with van der Waals surface area (Å²) >= 11 is 0. The lowest BCUT2D eigenvalue weighted by atomic mass is 10.2. The summed E-state index contributed by atoms with van der Waals surface area (Å²) in [7, 11) is -7.22. The van der Waals surface area contributed by atoms with E-state index in [4.69, 9.17) is 5.73 Å². The zero-order valence-corrected chi connectivity index (χ0v) is 12.8. The van der Waals surface area contributed by atoms with Gasteiger partial charge in [-0.15, -0.1) is 0 Å². The smallest absolute Gasteiger partial charge is 0.240 e. The van der Waals surface area contributed by atoms with E-state index in [1.165, 1.54) is 6.07 Å². The molecule has 0 heterocycles. The molecular formula is C11H19N3O4S2. The highest BCUT2D eigenvalue weighted by Gasteiger charge is 2.18. The second-order valence-electron chi connectivity index (χ2n) is 4.03. The highest BCUT2D eigenvalue weighted by atomic mass is 32.2. The van der Waals surface area contributed by atoms with Crippen LogP contribution < -0.4 is 15.2 Å². The molecule has 1 aromatic rings. The van der Waals surface area contributed by atoms with E-state index in [1.54, 1.807) is 25.1 Å². The molecule has 0 fully saturated rings. The quantitative estimate of drug-likeness (QED) is 0.589. The normalized spacial score (nSPS) is 12.5. The molecule has 0 aliphatic heterocycles. The molecule has 0 amide bonds. The third-order valence-corrected chi connectivity index (χ3v) is 5.54. The lowest BCUT2D eigenvalue weighted by Gasteiger charge is -2.10. The molecule has 1 aromatic carbocycles. The zero-order valence-electron chi connectivity index (χ0n) is 11.2. The topological polar surface area (TPSA) is 118 Å². The van der Waals surface area contributed by atoms with Crippen LogP contribution in [0.3, 0.4) is 0 Å². The fourth-order valence-corrected chi connectivity index (χ4v) is 3.98. The number of hydrogen-bond donors (Lipinski definition) is 3. The SMILES string of the molecule is CCNS(=O)(=O)CCNS(=O)(=O)c1ccccc1CN. The zero-order chi connectivity index (χ0) is 15.2. The van der Waals surface area contributed by atoms with E-state index in [2.05, 4.69) is 9.44 Å². The van der Waals surface area contributed by atoms with Crippen molar-refractivity contribution in [3.05, 3.63) is 29.8 Å². The van der Waals surface area contributed by atoms with Gasteiger partial charge in [-0.25, -0.2) is 26.3 Å². The van der Waals surface area contributed by atoms with Crippen molar-refractivity contribution in [2.24, 2.45) is 5.73 Å². The van der Waals surface area contributed by atoms with Gasteiger partial charge in [-0.05, 0) is 11.6 Å². The van der Waals surface area contributed by atoms with Crippen LogP contribution in [0.25, 0.3) is 0 Å². The summed E-state index contributed by atoms with van der Waals surface area (Å²) in [6.07, 6.45) is 0. The Hall–Kier alpha value is -1.00. The summed E-state index contributed by atoms with van der Waals surface area (Å²) in [6, 6.07) is 6.33. The minimum Gasteiger partial charge on any atom is -0.326 e. The molecule has 20 heavy (non-hydrogen) atoms. The largest absolute Gasteiger partial charge is 0.326 e. The maximum absolute atomic E-state index is 12.1. The maximum atomic E-state index is 12.1. The van der Waals surface area contributed by atoms with E-state index in [0.717, 1.165) is 0 Å². The molecule has 0 bridgehead atoms. The molecule has 0 saturated carbocycles. The summed E-state index contributed by atoms with van der Waals surface area (Å²) in [4.78, 5) is 0.0725. The number of nitrogens with one attached hydrogen (secondary N) is 2. The van der Waals surface area contributed by atoms with Crippen molar-refractivity contribution in [1.82, 2.24) is 9.44 Å². The fraction of sp³-hybridized carbons (Fsp3) is 0.455. The van der Waals surface area contributed by atoms with Crippen LogP contribution in [0.1, 0.15) is 12.5 Å². The standard InChI is InChI=1S/C11H19N3O4S2/c1-2-13-19(15,16)8-7-14-20(17,18)11-6-4-3-5-10(11)9-12/h3-6,13-14H,2,7-9,12H2,1H3. The third-order valence-electron chi connectivity index (χ3n) is 2.51. The van der Waals surface area contributed by atoms with Gasteiger partial charge in [-0.2, -0.15) is 0 Å². The number of sulfonamides is 2. The molecule has 0 radical (unpaired) electrons. The van der Waals surface area contributed by atoms with Crippen LogP contribution in [-0.4, -0.2) is 35.7 Å². The van der Waals surface area contributed by atoms with E-state index in [0.29, 0.717) is 5.56 Å². The molecule has 1 rings (SSSR count). The summed E-state index contributed by atoms with van der Waals surface area (Å²) in [5.74, 6) is -0.315. The molecule has 9 heteroatoms. The van der Waals surface area contributed by atoms with Gasteiger partial charge in [0.15, 0.2) is 0 Å². The maximum Gasteiger partial charge on any atom is 0.240 e. The average molecular weight is 321 g/mol. The Kier molecular flexibility index (Phi) is 6.08. The Bertz CT molecular complexity index is 641. The molecule has 0 atom stereocenters. The van der Waals surface area contributed by atoms with E-state index >= 15 is 0 Å². The Labute approximate surface area is 119 Å². The highest BCUT2D eigenvalue weighted by Crippen LogP contribution is 2.14. The molecular weight excluding hydrogens is 302 g/mol. The van der Waals surface area contributed by atoms with Crippen LogP contribution in [-0.2, 0) is 26.6 Å². The first-order valence-electron chi connectivity index (χ1n) is 6.07. The van der Waals surface area contributed by atoms with Gasteiger partial charge in [0, 0.05) is 19.6 Å². The second-order valence-corrected chi connectivity index (χ2v) is 7.69. The van der Waals surface area contributed by atoms with Gasteiger partial charge < -0.3 is 5.73 Å². The summed E-state index contributed by atoms with van der Waals surface area (Å²) in [5.41, 5.74) is 5.97. The Balaban J connectivity index is 2.77. The van der Waals surface area contributed by atoms with Gasteiger partial charge in [0.2, 0.25) is 20.0 Å². The number of rotatable bonds is 8. The van der Waals surface area contributed by atoms with Gasteiger partial charge in [0.25, 0.3) is 0 Å². The number of benzene rings is 1. The van der Waals surface area contributed by atoms with Gasteiger partial charge >= 0.3 is 0 Å². The lowest BCUT2D eigenvalue weighted by Crippen LogP contribution is -2.34.